The molecule has 0 spiro atoms. The van der Waals surface area contributed by atoms with Crippen LogP contribution in [0.4, 0.5) is 13.2 Å². The molecule has 0 saturated carbocycles. The van der Waals surface area contributed by atoms with Crippen molar-refractivity contribution in [3.8, 4) is 11.5 Å². The van der Waals surface area contributed by atoms with E-state index in [9.17, 15) is 23.4 Å². The number of benzene rings is 2. The zero-order valence-corrected chi connectivity index (χ0v) is 16.1. The van der Waals surface area contributed by atoms with Crippen LogP contribution in [0.25, 0.3) is 0 Å². The highest BCUT2D eigenvalue weighted by Crippen LogP contribution is 2.55. The highest BCUT2D eigenvalue weighted by atomic mass is 35.5. The van der Waals surface area contributed by atoms with Gasteiger partial charge in [-0.05, 0) is 12.1 Å². The van der Waals surface area contributed by atoms with Gasteiger partial charge in [-0.2, -0.15) is 13.2 Å². The predicted octanol–water partition coefficient (Wildman–Crippen LogP) is 7.71. The first-order valence-corrected chi connectivity index (χ1v) is 8.44. The summed E-state index contributed by atoms with van der Waals surface area (Å²) in [6, 6.07) is 1.95. The lowest BCUT2D eigenvalue weighted by molar-refractivity contribution is -0.141. The van der Waals surface area contributed by atoms with Gasteiger partial charge in [0.25, 0.3) is 0 Å². The van der Waals surface area contributed by atoms with Crippen LogP contribution in [0.3, 0.4) is 0 Å². The van der Waals surface area contributed by atoms with Crippen molar-refractivity contribution in [2.45, 2.75) is 12.1 Å². The van der Waals surface area contributed by atoms with Gasteiger partial charge in [0.1, 0.15) is 17.4 Å². The average Bonchev–Trinajstić information content (AvgIpc) is 2.48. The van der Waals surface area contributed by atoms with E-state index in [2.05, 4.69) is 0 Å². The fraction of sp³-hybridized carbons (Fsp3) is 0.143. The fourth-order valence-electron chi connectivity index (χ4n) is 2.21. The van der Waals surface area contributed by atoms with Crippen LogP contribution in [0, 0.1) is 0 Å². The van der Waals surface area contributed by atoms with Crippen LogP contribution in [0.1, 0.15) is 17.0 Å². The number of halogens is 9. The van der Waals surface area contributed by atoms with Gasteiger partial charge in [0, 0.05) is 11.1 Å². The lowest BCUT2D eigenvalue weighted by Crippen LogP contribution is -2.23. The molecule has 2 aromatic rings. The zero-order chi connectivity index (χ0) is 19.3. The van der Waals surface area contributed by atoms with Crippen molar-refractivity contribution in [3.63, 3.8) is 0 Å². The maximum atomic E-state index is 13.8. The van der Waals surface area contributed by atoms with Gasteiger partial charge >= 0.3 is 6.18 Å². The molecular weight excluding hydrogens is 470 g/mol. The molecule has 0 atom stereocenters. The molecular formula is C14H5Cl6F3O2. The molecule has 2 rings (SSSR count). The van der Waals surface area contributed by atoms with Gasteiger partial charge in [-0.15, -0.1) is 0 Å². The Kier molecular flexibility index (Phi) is 6.09. The van der Waals surface area contributed by atoms with E-state index in [0.29, 0.717) is 0 Å². The van der Waals surface area contributed by atoms with Crippen molar-refractivity contribution < 1.29 is 23.4 Å². The summed E-state index contributed by atoms with van der Waals surface area (Å²) in [7, 11) is 0. The second kappa shape index (κ2) is 7.29. The van der Waals surface area contributed by atoms with Gasteiger partial charge in [-0.3, -0.25) is 0 Å². The van der Waals surface area contributed by atoms with E-state index in [0.717, 1.165) is 12.1 Å². The summed E-state index contributed by atoms with van der Waals surface area (Å²) in [5.74, 6) is -4.63. The molecule has 0 radical (unpaired) electrons. The Bertz CT molecular complexity index is 738. The molecule has 0 bridgehead atoms. The van der Waals surface area contributed by atoms with Crippen molar-refractivity contribution in [2.24, 2.45) is 0 Å². The Hall–Kier alpha value is -0.430. The van der Waals surface area contributed by atoms with E-state index in [-0.39, 0.29) is 10.0 Å². The molecule has 0 saturated heterocycles. The Morgan fingerprint density at radius 1 is 0.680 bits per heavy atom. The molecule has 0 aliphatic carbocycles. The van der Waals surface area contributed by atoms with Crippen LogP contribution in [0.15, 0.2) is 12.1 Å². The minimum atomic E-state index is -5.07. The highest BCUT2D eigenvalue weighted by molar-refractivity contribution is 6.45. The lowest BCUT2D eigenvalue weighted by atomic mass is 9.89. The Morgan fingerprint density at radius 2 is 1.00 bits per heavy atom. The number of rotatable bonds is 2. The molecule has 0 heterocycles. The zero-order valence-electron chi connectivity index (χ0n) is 11.5. The molecule has 0 amide bonds. The van der Waals surface area contributed by atoms with E-state index in [1.54, 1.807) is 0 Å². The van der Waals surface area contributed by atoms with Gasteiger partial charge in [0.2, 0.25) is 0 Å². The van der Waals surface area contributed by atoms with Gasteiger partial charge < -0.3 is 10.2 Å². The molecule has 2 nitrogen and oxygen atoms in total. The summed E-state index contributed by atoms with van der Waals surface area (Å²) in [5.41, 5.74) is -1.77. The number of phenols is 2. The molecule has 0 fully saturated rings. The number of hydrogen-bond acceptors (Lipinski definition) is 2. The quantitative estimate of drug-likeness (QED) is 0.437. The van der Waals surface area contributed by atoms with Crippen LogP contribution in [0.2, 0.25) is 30.1 Å². The number of phenolic OH excluding ortho intramolecular Hbond substituents is 2. The maximum Gasteiger partial charge on any atom is 0.400 e. The summed E-state index contributed by atoms with van der Waals surface area (Å²) in [6.07, 6.45) is -5.07. The van der Waals surface area contributed by atoms with Crippen LogP contribution in [-0.2, 0) is 0 Å². The molecule has 0 unspecified atom stereocenters. The monoisotopic (exact) mass is 472 g/mol. The maximum absolute atomic E-state index is 13.8. The topological polar surface area (TPSA) is 40.5 Å². The van der Waals surface area contributed by atoms with Crippen molar-refractivity contribution in [1.29, 1.82) is 0 Å². The van der Waals surface area contributed by atoms with E-state index in [1.165, 1.54) is 0 Å². The standard InChI is InChI=1S/C14H5Cl6F3O2/c15-3-1-5(17)12(24)7(10(3)19)9(14(21,22)23)8-11(20)4(16)2-6(18)13(8)25/h1-2,9,24-25H. The first-order valence-electron chi connectivity index (χ1n) is 6.17. The van der Waals surface area contributed by atoms with Gasteiger partial charge in [-0.1, -0.05) is 69.6 Å². The van der Waals surface area contributed by atoms with Gasteiger partial charge in [0.15, 0.2) is 0 Å². The van der Waals surface area contributed by atoms with E-state index < -0.39 is 54.8 Å². The van der Waals surface area contributed by atoms with E-state index in [4.69, 9.17) is 69.6 Å². The van der Waals surface area contributed by atoms with Crippen LogP contribution < -0.4 is 0 Å². The summed E-state index contributed by atoms with van der Waals surface area (Å²) in [6.45, 7) is 0. The number of alkyl halides is 3. The van der Waals surface area contributed by atoms with E-state index in [1.807, 2.05) is 0 Å². The molecule has 0 aliphatic rings. The van der Waals surface area contributed by atoms with Crippen molar-refractivity contribution in [2.75, 3.05) is 0 Å². The minimum absolute atomic E-state index is 0.336. The molecule has 2 aromatic carbocycles. The predicted molar refractivity (Wildman–Crippen MR) is 94.2 cm³/mol. The molecule has 0 aromatic heterocycles. The second-order valence-corrected chi connectivity index (χ2v) is 7.19. The second-order valence-electron chi connectivity index (χ2n) is 4.81. The van der Waals surface area contributed by atoms with Crippen LogP contribution in [0.5, 0.6) is 11.5 Å². The van der Waals surface area contributed by atoms with Gasteiger partial charge in [0.05, 0.1) is 30.1 Å². The van der Waals surface area contributed by atoms with Crippen molar-refractivity contribution in [3.05, 3.63) is 53.4 Å². The average molecular weight is 475 g/mol. The Balaban J connectivity index is 2.97. The van der Waals surface area contributed by atoms with Crippen LogP contribution in [-0.4, -0.2) is 16.4 Å². The highest BCUT2D eigenvalue weighted by Gasteiger charge is 2.48. The molecule has 2 N–H and O–H groups in total. The largest absolute Gasteiger partial charge is 0.506 e. The fourth-order valence-corrected chi connectivity index (χ4v) is 3.67. The van der Waals surface area contributed by atoms with Crippen LogP contribution >= 0.6 is 69.6 Å². The van der Waals surface area contributed by atoms with E-state index >= 15 is 0 Å². The first kappa shape index (κ1) is 20.9. The first-order chi connectivity index (χ1) is 11.4. The SMILES string of the molecule is Oc1c(Cl)cc(Cl)c(Cl)c1C(c1c(O)c(Cl)cc(Cl)c1Cl)C(F)(F)F. The molecule has 11 heteroatoms. The third-order valence-corrected chi connectivity index (χ3v) is 5.45. The van der Waals surface area contributed by atoms with Crippen molar-refractivity contribution >= 4 is 69.6 Å². The summed E-state index contributed by atoms with van der Waals surface area (Å²) < 4.78 is 41.5. The molecule has 0 aliphatic heterocycles. The smallest absolute Gasteiger partial charge is 0.400 e. The third-order valence-electron chi connectivity index (χ3n) is 3.27. The Labute approximate surface area is 169 Å². The lowest BCUT2D eigenvalue weighted by Gasteiger charge is -2.26. The van der Waals surface area contributed by atoms with Crippen molar-refractivity contribution in [1.82, 2.24) is 0 Å². The summed E-state index contributed by atoms with van der Waals surface area (Å²) >= 11 is 34.7. The number of aromatic hydroxyl groups is 2. The summed E-state index contributed by atoms with van der Waals surface area (Å²) in [5, 5.41) is 17.3. The third kappa shape index (κ3) is 3.82. The Morgan fingerprint density at radius 3 is 1.28 bits per heavy atom. The molecule has 136 valence electrons. The van der Waals surface area contributed by atoms with Gasteiger partial charge in [-0.25, -0.2) is 0 Å². The summed E-state index contributed by atoms with van der Waals surface area (Å²) in [4.78, 5) is 0. The normalized spacial score (nSPS) is 12.1. The number of hydrogen-bond donors (Lipinski definition) is 2. The minimum Gasteiger partial charge on any atom is -0.506 e. The molecule has 25 heavy (non-hydrogen) atoms.